The number of nitrogens with zero attached hydrogens (tertiary/aromatic N) is 1. The number of hydrogen-bond acceptors (Lipinski definition) is 2. The van der Waals surface area contributed by atoms with E-state index in [-0.39, 0.29) is 5.78 Å². The van der Waals surface area contributed by atoms with Crippen molar-refractivity contribution in [1.82, 2.24) is 0 Å². The molecule has 0 saturated carbocycles. The lowest BCUT2D eigenvalue weighted by Gasteiger charge is -2.02. The molecule has 1 aliphatic rings. The maximum atomic E-state index is 11.8. The zero-order valence-corrected chi connectivity index (χ0v) is 8.65. The van der Waals surface area contributed by atoms with Crippen LogP contribution in [0.2, 0.25) is 0 Å². The Morgan fingerprint density at radius 3 is 2.67 bits per heavy atom. The standard InChI is InChI=1S/C12H14N2O/c13-12-7-4-8-14(12)9-11(15)10-5-2-1-3-6-10/h1-3,5-6,13H,4,7-9H2/p+1. The topological polar surface area (TPSA) is 46.1 Å². The van der Waals surface area contributed by atoms with Crippen LogP contribution >= 0.6 is 0 Å². The van der Waals surface area contributed by atoms with Crippen molar-refractivity contribution in [1.29, 1.82) is 0 Å². The first kappa shape index (κ1) is 9.90. The van der Waals surface area contributed by atoms with E-state index in [0.29, 0.717) is 6.54 Å². The molecule has 0 aliphatic carbocycles. The highest BCUT2D eigenvalue weighted by Gasteiger charge is 2.19. The highest BCUT2D eigenvalue weighted by atomic mass is 16.1. The summed E-state index contributed by atoms with van der Waals surface area (Å²) in [4.78, 5) is 11.8. The minimum Gasteiger partial charge on any atom is -0.291 e. The van der Waals surface area contributed by atoms with Gasteiger partial charge in [0.05, 0.1) is 13.0 Å². The van der Waals surface area contributed by atoms with Crippen LogP contribution in [0.5, 0.6) is 0 Å². The van der Waals surface area contributed by atoms with Gasteiger partial charge in [0, 0.05) is 5.56 Å². The molecule has 2 rings (SSSR count). The van der Waals surface area contributed by atoms with E-state index in [4.69, 9.17) is 5.73 Å². The van der Waals surface area contributed by atoms with Crippen LogP contribution in [0.4, 0.5) is 0 Å². The van der Waals surface area contributed by atoms with Gasteiger partial charge in [-0.25, -0.2) is 0 Å². The molecule has 0 aromatic heterocycles. The first-order valence-corrected chi connectivity index (χ1v) is 5.22. The van der Waals surface area contributed by atoms with Gasteiger partial charge in [0.1, 0.15) is 6.54 Å². The van der Waals surface area contributed by atoms with Gasteiger partial charge in [-0.1, -0.05) is 30.3 Å². The highest BCUT2D eigenvalue weighted by Crippen LogP contribution is 2.04. The Balaban J connectivity index is 2.08. The first-order chi connectivity index (χ1) is 7.27. The average Bonchev–Trinajstić information content (AvgIpc) is 2.66. The van der Waals surface area contributed by atoms with Crippen LogP contribution in [0.15, 0.2) is 30.3 Å². The molecule has 0 radical (unpaired) electrons. The van der Waals surface area contributed by atoms with Gasteiger partial charge in [-0.3, -0.25) is 15.1 Å². The molecule has 1 aromatic rings. The Morgan fingerprint density at radius 2 is 2.07 bits per heavy atom. The monoisotopic (exact) mass is 203 g/mol. The third-order valence-corrected chi connectivity index (χ3v) is 2.70. The van der Waals surface area contributed by atoms with E-state index in [1.54, 1.807) is 0 Å². The van der Waals surface area contributed by atoms with E-state index in [0.717, 1.165) is 30.8 Å². The summed E-state index contributed by atoms with van der Waals surface area (Å²) in [5.41, 5.74) is 6.56. The van der Waals surface area contributed by atoms with E-state index >= 15 is 0 Å². The van der Waals surface area contributed by atoms with Crippen molar-refractivity contribution in [2.24, 2.45) is 5.73 Å². The summed E-state index contributed by atoms with van der Waals surface area (Å²) in [6.07, 6.45) is 1.98. The first-order valence-electron chi connectivity index (χ1n) is 5.22. The van der Waals surface area contributed by atoms with Gasteiger partial charge in [0.15, 0.2) is 0 Å². The fourth-order valence-electron chi connectivity index (χ4n) is 1.82. The molecule has 2 N–H and O–H groups in total. The van der Waals surface area contributed by atoms with Gasteiger partial charge in [-0.2, -0.15) is 0 Å². The number of carbonyl (C=O) groups excluding carboxylic acids is 1. The third kappa shape index (κ3) is 2.24. The third-order valence-electron chi connectivity index (χ3n) is 2.70. The van der Waals surface area contributed by atoms with Gasteiger partial charge >= 0.3 is 0 Å². The predicted molar refractivity (Wildman–Crippen MR) is 59.2 cm³/mol. The van der Waals surface area contributed by atoms with Crippen LogP contribution in [0.3, 0.4) is 0 Å². The second kappa shape index (κ2) is 4.26. The molecule has 15 heavy (non-hydrogen) atoms. The van der Waals surface area contributed by atoms with Gasteiger partial charge in [0.25, 0.3) is 0 Å². The quantitative estimate of drug-likeness (QED) is 0.589. The van der Waals surface area contributed by atoms with E-state index in [1.165, 1.54) is 0 Å². The Morgan fingerprint density at radius 1 is 1.33 bits per heavy atom. The second-order valence-electron chi connectivity index (χ2n) is 3.81. The Bertz CT molecular complexity index is 395. The van der Waals surface area contributed by atoms with E-state index in [2.05, 4.69) is 0 Å². The highest BCUT2D eigenvalue weighted by molar-refractivity contribution is 5.97. The Labute approximate surface area is 89.2 Å². The zero-order chi connectivity index (χ0) is 10.7. The number of benzene rings is 1. The van der Waals surface area contributed by atoms with E-state index in [9.17, 15) is 4.79 Å². The summed E-state index contributed by atoms with van der Waals surface area (Å²) in [5, 5.41) is 0. The molecule has 1 aliphatic heterocycles. The molecule has 1 heterocycles. The molecule has 3 nitrogen and oxygen atoms in total. The summed E-state index contributed by atoms with van der Waals surface area (Å²) in [5.74, 6) is 0.986. The average molecular weight is 203 g/mol. The molecule has 0 saturated heterocycles. The van der Waals surface area contributed by atoms with Crippen molar-refractivity contribution in [3.05, 3.63) is 35.9 Å². The largest absolute Gasteiger partial charge is 0.291 e. The fourth-order valence-corrected chi connectivity index (χ4v) is 1.82. The number of Topliss-reactive ketones (excluding diaryl/α,β-unsaturated/α-hetero) is 1. The second-order valence-corrected chi connectivity index (χ2v) is 3.81. The summed E-state index contributed by atoms with van der Waals surface area (Å²) >= 11 is 0. The normalized spacial score (nSPS) is 15.7. The van der Waals surface area contributed by atoms with Crippen molar-refractivity contribution in [2.45, 2.75) is 12.8 Å². The summed E-state index contributed by atoms with van der Waals surface area (Å²) in [7, 11) is 0. The van der Waals surface area contributed by atoms with E-state index in [1.807, 2.05) is 34.9 Å². The summed E-state index contributed by atoms with van der Waals surface area (Å²) in [6, 6.07) is 9.35. The maximum absolute atomic E-state index is 11.8. The van der Waals surface area contributed by atoms with Gasteiger partial charge in [-0.15, -0.1) is 0 Å². The minimum absolute atomic E-state index is 0.139. The van der Waals surface area contributed by atoms with E-state index < -0.39 is 0 Å². The van der Waals surface area contributed by atoms with Crippen LogP contribution in [0.25, 0.3) is 0 Å². The molecule has 0 amide bonds. The number of carbonyl (C=O) groups is 1. The Kier molecular flexibility index (Phi) is 2.81. The van der Waals surface area contributed by atoms with Crippen LogP contribution in [0, 0.1) is 0 Å². The summed E-state index contributed by atoms with van der Waals surface area (Å²) in [6.45, 7) is 1.32. The molecular weight excluding hydrogens is 188 g/mol. The van der Waals surface area contributed by atoms with Gasteiger partial charge < -0.3 is 0 Å². The molecule has 1 aromatic carbocycles. The van der Waals surface area contributed by atoms with Crippen molar-refractivity contribution in [2.75, 3.05) is 13.1 Å². The lowest BCUT2D eigenvalue weighted by Crippen LogP contribution is -2.27. The lowest BCUT2D eigenvalue weighted by molar-refractivity contribution is -0.507. The van der Waals surface area contributed by atoms with Crippen molar-refractivity contribution >= 4 is 11.6 Å². The van der Waals surface area contributed by atoms with Gasteiger partial charge in [0.2, 0.25) is 11.6 Å². The van der Waals surface area contributed by atoms with Crippen LogP contribution in [-0.4, -0.2) is 29.3 Å². The minimum atomic E-state index is 0.139. The number of nitrogens with two attached hydrogens (primary N) is 1. The number of ketones is 1. The zero-order valence-electron chi connectivity index (χ0n) is 8.65. The van der Waals surface area contributed by atoms with Crippen LogP contribution in [0.1, 0.15) is 23.2 Å². The molecule has 78 valence electrons. The van der Waals surface area contributed by atoms with Crippen LogP contribution < -0.4 is 5.73 Å². The van der Waals surface area contributed by atoms with Crippen molar-refractivity contribution in [3.8, 4) is 0 Å². The van der Waals surface area contributed by atoms with Crippen molar-refractivity contribution < 1.29 is 9.37 Å². The smallest absolute Gasteiger partial charge is 0.243 e. The Hall–Kier alpha value is -1.64. The number of rotatable bonds is 3. The molecule has 0 spiro atoms. The van der Waals surface area contributed by atoms with Crippen molar-refractivity contribution in [3.63, 3.8) is 0 Å². The van der Waals surface area contributed by atoms with Gasteiger partial charge in [-0.05, 0) is 6.42 Å². The molecule has 0 fully saturated rings. The molecular formula is C12H15N2O+. The van der Waals surface area contributed by atoms with Crippen LogP contribution in [-0.2, 0) is 0 Å². The molecule has 0 bridgehead atoms. The lowest BCUT2D eigenvalue weighted by atomic mass is 10.1. The maximum Gasteiger partial charge on any atom is 0.243 e. The molecule has 0 atom stereocenters. The fraction of sp³-hybridized carbons (Fsp3) is 0.333. The predicted octanol–water partition coefficient (Wildman–Crippen LogP) is 1.03. The SMILES string of the molecule is NC1=[N+](CC(=O)c2ccccc2)CCC1. The molecule has 0 unspecified atom stereocenters. The number of hydrogen-bond donors (Lipinski definition) is 1. The molecule has 3 heteroatoms. The number of amidine groups is 1. The summed E-state index contributed by atoms with van der Waals surface area (Å²) < 4.78 is 1.97.